The molecule has 0 saturated heterocycles. The molecule has 0 aromatic heterocycles. The highest BCUT2D eigenvalue weighted by Gasteiger charge is 2.21. The number of carbonyl (C=O) groups is 1. The summed E-state index contributed by atoms with van der Waals surface area (Å²) in [5.74, 6) is 5.56. The molecule has 1 aromatic rings. The van der Waals surface area contributed by atoms with Gasteiger partial charge in [0, 0.05) is 12.0 Å². The molecule has 0 unspecified atom stereocenters. The van der Waals surface area contributed by atoms with Crippen LogP contribution >= 0.6 is 0 Å². The van der Waals surface area contributed by atoms with Crippen molar-refractivity contribution in [2.45, 2.75) is 39.0 Å². The molecule has 0 saturated carbocycles. The molecule has 100 valence electrons. The molecule has 0 heterocycles. The molecule has 4 nitrogen and oxygen atoms in total. The molecule has 0 aliphatic rings. The van der Waals surface area contributed by atoms with Crippen molar-refractivity contribution in [2.75, 3.05) is 6.54 Å². The maximum absolute atomic E-state index is 11.1. The molecule has 1 rings (SSSR count). The number of hydrazine groups is 1. The zero-order chi connectivity index (χ0) is 13.8. The number of hydrogen-bond acceptors (Lipinski definition) is 2. The van der Waals surface area contributed by atoms with Crippen LogP contribution in [0.1, 0.15) is 44.7 Å². The molecule has 4 heteroatoms. The summed E-state index contributed by atoms with van der Waals surface area (Å²) < 4.78 is 0. The zero-order valence-corrected chi connectivity index (χ0v) is 11.6. The van der Waals surface area contributed by atoms with E-state index in [-0.39, 0.29) is 11.4 Å². The van der Waals surface area contributed by atoms with Crippen LogP contribution in [0.5, 0.6) is 0 Å². The fraction of sp³-hybridized carbons (Fsp3) is 0.500. The Morgan fingerprint density at radius 3 is 2.28 bits per heavy atom. The Labute approximate surface area is 109 Å². The van der Waals surface area contributed by atoms with Gasteiger partial charge in [-0.2, -0.15) is 0 Å². The summed E-state index contributed by atoms with van der Waals surface area (Å²) in [5, 5.41) is 2.73. The van der Waals surface area contributed by atoms with Gasteiger partial charge in [0.25, 0.3) is 0 Å². The first-order chi connectivity index (χ1) is 8.36. The predicted molar refractivity (Wildman–Crippen MR) is 74.3 cm³/mol. The Hall–Kier alpha value is -1.55. The van der Waals surface area contributed by atoms with Gasteiger partial charge in [0.2, 0.25) is 0 Å². The van der Waals surface area contributed by atoms with Crippen molar-refractivity contribution in [3.8, 4) is 0 Å². The molecular formula is C14H23N3O. The SMILES string of the molecule is CC(C)c1ccc(C(C)(C)CNC(=O)NN)cc1. The monoisotopic (exact) mass is 249 g/mol. The zero-order valence-electron chi connectivity index (χ0n) is 11.6. The molecule has 0 aliphatic heterocycles. The van der Waals surface area contributed by atoms with Crippen LogP contribution < -0.4 is 16.6 Å². The summed E-state index contributed by atoms with van der Waals surface area (Å²) in [4.78, 5) is 11.1. The van der Waals surface area contributed by atoms with Crippen LogP contribution in [0.15, 0.2) is 24.3 Å². The number of carbonyl (C=O) groups excluding carboxylic acids is 1. The first-order valence-corrected chi connectivity index (χ1v) is 6.21. The number of rotatable bonds is 4. The normalized spacial score (nSPS) is 11.4. The van der Waals surface area contributed by atoms with Crippen molar-refractivity contribution in [2.24, 2.45) is 5.84 Å². The summed E-state index contributed by atoms with van der Waals surface area (Å²) >= 11 is 0. The third-order valence-electron chi connectivity index (χ3n) is 3.18. The van der Waals surface area contributed by atoms with Gasteiger partial charge in [0.1, 0.15) is 0 Å². The third-order valence-corrected chi connectivity index (χ3v) is 3.18. The molecular weight excluding hydrogens is 226 g/mol. The summed E-state index contributed by atoms with van der Waals surface area (Å²) in [5.41, 5.74) is 4.46. The average Bonchev–Trinajstić information content (AvgIpc) is 2.36. The standard InChI is InChI=1S/C14H23N3O/c1-10(2)11-5-7-12(8-6-11)14(3,4)9-16-13(18)17-15/h5-8,10H,9,15H2,1-4H3,(H2,16,17,18). The number of nitrogens with two attached hydrogens (primary N) is 1. The molecule has 4 N–H and O–H groups in total. The fourth-order valence-electron chi connectivity index (χ4n) is 1.77. The minimum Gasteiger partial charge on any atom is -0.336 e. The minimum atomic E-state index is -0.359. The van der Waals surface area contributed by atoms with Crippen LogP contribution in [0.3, 0.4) is 0 Å². The topological polar surface area (TPSA) is 67.2 Å². The molecule has 18 heavy (non-hydrogen) atoms. The number of urea groups is 1. The second kappa shape index (κ2) is 5.87. The molecule has 0 atom stereocenters. The van der Waals surface area contributed by atoms with Gasteiger partial charge in [-0.15, -0.1) is 0 Å². The van der Waals surface area contributed by atoms with Crippen LogP contribution in [0.4, 0.5) is 4.79 Å². The van der Waals surface area contributed by atoms with E-state index >= 15 is 0 Å². The second-order valence-corrected chi connectivity index (χ2v) is 5.49. The summed E-state index contributed by atoms with van der Waals surface area (Å²) in [6, 6.07) is 8.17. The van der Waals surface area contributed by atoms with E-state index in [4.69, 9.17) is 5.84 Å². The van der Waals surface area contributed by atoms with Crippen LogP contribution in [0.2, 0.25) is 0 Å². The lowest BCUT2D eigenvalue weighted by Gasteiger charge is -2.26. The molecule has 1 aromatic carbocycles. The highest BCUT2D eigenvalue weighted by Crippen LogP contribution is 2.24. The first kappa shape index (κ1) is 14.5. The maximum Gasteiger partial charge on any atom is 0.328 e. The summed E-state index contributed by atoms with van der Waals surface area (Å²) in [7, 11) is 0. The van der Waals surface area contributed by atoms with Gasteiger partial charge < -0.3 is 5.32 Å². The van der Waals surface area contributed by atoms with Crippen molar-refractivity contribution in [3.63, 3.8) is 0 Å². The predicted octanol–water partition coefficient (Wildman–Crippen LogP) is 2.26. The van der Waals surface area contributed by atoms with E-state index < -0.39 is 0 Å². The van der Waals surface area contributed by atoms with Crippen LogP contribution in [-0.2, 0) is 5.41 Å². The second-order valence-electron chi connectivity index (χ2n) is 5.49. The fourth-order valence-corrected chi connectivity index (χ4v) is 1.77. The van der Waals surface area contributed by atoms with Gasteiger partial charge in [0.15, 0.2) is 0 Å². The third kappa shape index (κ3) is 3.74. The van der Waals surface area contributed by atoms with Crippen molar-refractivity contribution < 1.29 is 4.79 Å². The lowest BCUT2D eigenvalue weighted by atomic mass is 9.83. The van der Waals surface area contributed by atoms with E-state index in [9.17, 15) is 4.79 Å². The highest BCUT2D eigenvalue weighted by atomic mass is 16.2. The number of benzene rings is 1. The Morgan fingerprint density at radius 2 is 1.83 bits per heavy atom. The molecule has 0 bridgehead atoms. The van der Waals surface area contributed by atoms with E-state index in [1.54, 1.807) is 0 Å². The van der Waals surface area contributed by atoms with Crippen molar-refractivity contribution in [1.29, 1.82) is 0 Å². The minimum absolute atomic E-state index is 0.123. The van der Waals surface area contributed by atoms with E-state index in [0.29, 0.717) is 12.5 Å². The quantitative estimate of drug-likeness (QED) is 0.435. The number of hydrogen-bond donors (Lipinski definition) is 3. The van der Waals surface area contributed by atoms with Gasteiger partial charge in [-0.3, -0.25) is 5.43 Å². The highest BCUT2D eigenvalue weighted by molar-refractivity contribution is 5.73. The molecule has 0 spiro atoms. The summed E-state index contributed by atoms with van der Waals surface area (Å²) in [6.07, 6.45) is 0. The van der Waals surface area contributed by atoms with Gasteiger partial charge >= 0.3 is 6.03 Å². The molecule has 2 amide bonds. The largest absolute Gasteiger partial charge is 0.336 e. The van der Waals surface area contributed by atoms with E-state index in [1.165, 1.54) is 11.1 Å². The Bertz CT molecular complexity index is 396. The van der Waals surface area contributed by atoms with E-state index in [0.717, 1.165) is 0 Å². The van der Waals surface area contributed by atoms with Gasteiger partial charge in [0.05, 0.1) is 0 Å². The number of nitrogens with one attached hydrogen (secondary N) is 2. The molecule has 0 radical (unpaired) electrons. The summed E-state index contributed by atoms with van der Waals surface area (Å²) in [6.45, 7) is 9.07. The van der Waals surface area contributed by atoms with Crippen LogP contribution in [-0.4, -0.2) is 12.6 Å². The van der Waals surface area contributed by atoms with Crippen molar-refractivity contribution in [1.82, 2.24) is 10.7 Å². The number of amides is 2. The van der Waals surface area contributed by atoms with Crippen LogP contribution in [0, 0.1) is 0 Å². The molecule has 0 aliphatic carbocycles. The van der Waals surface area contributed by atoms with Crippen molar-refractivity contribution in [3.05, 3.63) is 35.4 Å². The lowest BCUT2D eigenvalue weighted by molar-refractivity contribution is 0.238. The van der Waals surface area contributed by atoms with Gasteiger partial charge in [-0.1, -0.05) is 52.0 Å². The first-order valence-electron chi connectivity index (χ1n) is 6.21. The van der Waals surface area contributed by atoms with Crippen LogP contribution in [0.25, 0.3) is 0 Å². The Balaban J connectivity index is 2.75. The Morgan fingerprint density at radius 1 is 1.28 bits per heavy atom. The lowest BCUT2D eigenvalue weighted by Crippen LogP contribution is -2.44. The maximum atomic E-state index is 11.1. The van der Waals surface area contributed by atoms with Crippen molar-refractivity contribution >= 4 is 6.03 Å². The van der Waals surface area contributed by atoms with E-state index in [2.05, 4.69) is 62.7 Å². The molecule has 0 fully saturated rings. The Kier molecular flexibility index (Phi) is 4.73. The smallest absolute Gasteiger partial charge is 0.328 e. The van der Waals surface area contributed by atoms with Gasteiger partial charge in [-0.05, 0) is 17.0 Å². The van der Waals surface area contributed by atoms with Gasteiger partial charge in [-0.25, -0.2) is 10.6 Å². The average molecular weight is 249 g/mol. The van der Waals surface area contributed by atoms with E-state index in [1.807, 2.05) is 0 Å².